The number of benzene rings is 1. The summed E-state index contributed by atoms with van der Waals surface area (Å²) in [6.45, 7) is 1.76. The fourth-order valence-corrected chi connectivity index (χ4v) is 1.87. The molecule has 1 amide bonds. The van der Waals surface area contributed by atoms with Crippen LogP contribution in [0.3, 0.4) is 0 Å². The fraction of sp³-hybridized carbons (Fsp3) is 0.0769. The lowest BCUT2D eigenvalue weighted by atomic mass is 10.2. The molecule has 0 aliphatic rings. The topological polar surface area (TPSA) is 80.0 Å². The van der Waals surface area contributed by atoms with E-state index in [1.54, 1.807) is 13.0 Å². The molecule has 0 fully saturated rings. The molecular weight excluding hydrogens is 283 g/mol. The molecule has 1 heterocycles. The van der Waals surface area contributed by atoms with Crippen LogP contribution in [0.25, 0.3) is 0 Å². The minimum Gasteiger partial charge on any atom is -0.323 e. The quantitative estimate of drug-likeness (QED) is 0.600. The third-order valence-corrected chi connectivity index (χ3v) is 2.96. The first-order chi connectivity index (χ1) is 9.52. The number of carbonyl (C=O) groups is 1. The summed E-state index contributed by atoms with van der Waals surface area (Å²) in [4.78, 5) is 16.1. The number of anilines is 2. The maximum atomic E-state index is 13.6. The summed E-state index contributed by atoms with van der Waals surface area (Å²) >= 11 is 5.85. The van der Waals surface area contributed by atoms with Crippen LogP contribution >= 0.6 is 11.6 Å². The number of nitrogens with one attached hydrogen (secondary N) is 2. The van der Waals surface area contributed by atoms with Crippen molar-refractivity contribution in [2.45, 2.75) is 6.92 Å². The van der Waals surface area contributed by atoms with Gasteiger partial charge in [-0.2, -0.15) is 0 Å². The number of rotatable bonds is 3. The molecule has 2 aromatic rings. The maximum absolute atomic E-state index is 13.6. The highest BCUT2D eigenvalue weighted by Gasteiger charge is 2.15. The van der Waals surface area contributed by atoms with Crippen LogP contribution in [-0.4, -0.2) is 10.9 Å². The van der Waals surface area contributed by atoms with E-state index in [0.717, 1.165) is 0 Å². The zero-order chi connectivity index (χ0) is 14.7. The number of halogens is 2. The van der Waals surface area contributed by atoms with Gasteiger partial charge in [0.1, 0.15) is 5.82 Å². The van der Waals surface area contributed by atoms with Gasteiger partial charge in [-0.05, 0) is 25.1 Å². The molecule has 0 radical (unpaired) electrons. The number of para-hydroxylation sites is 1. The number of hydrogen-bond donors (Lipinski definition) is 3. The minimum atomic E-state index is -0.617. The second kappa shape index (κ2) is 5.85. The summed E-state index contributed by atoms with van der Waals surface area (Å²) in [6, 6.07) is 5.75. The van der Waals surface area contributed by atoms with Crippen LogP contribution in [0.4, 0.5) is 15.8 Å². The standard InChI is InChI=1S/C13H12ClFN4O/c1-7-5-11(19-16)8(6-17-7)13(20)18-12-9(14)3-2-4-10(12)15/h2-6H,16H2,1H3,(H,17,19)(H,18,20). The summed E-state index contributed by atoms with van der Waals surface area (Å²) in [5.74, 6) is 4.18. The van der Waals surface area contributed by atoms with Crippen molar-refractivity contribution in [3.63, 3.8) is 0 Å². The number of pyridine rings is 1. The number of aryl methyl sites for hydroxylation is 1. The van der Waals surface area contributed by atoms with Crippen LogP contribution < -0.4 is 16.6 Å². The lowest BCUT2D eigenvalue weighted by Crippen LogP contribution is -2.18. The van der Waals surface area contributed by atoms with E-state index in [1.165, 1.54) is 24.4 Å². The van der Waals surface area contributed by atoms with Gasteiger partial charge >= 0.3 is 0 Å². The van der Waals surface area contributed by atoms with E-state index in [9.17, 15) is 9.18 Å². The van der Waals surface area contributed by atoms with Crippen molar-refractivity contribution in [2.24, 2.45) is 5.84 Å². The number of nitrogens with two attached hydrogens (primary N) is 1. The van der Waals surface area contributed by atoms with Gasteiger partial charge < -0.3 is 10.7 Å². The van der Waals surface area contributed by atoms with E-state index in [-0.39, 0.29) is 16.3 Å². The lowest BCUT2D eigenvalue weighted by molar-refractivity contribution is 0.102. The van der Waals surface area contributed by atoms with Gasteiger partial charge in [0, 0.05) is 11.9 Å². The Morgan fingerprint density at radius 3 is 2.85 bits per heavy atom. The molecule has 0 spiro atoms. The van der Waals surface area contributed by atoms with Gasteiger partial charge in [-0.25, -0.2) is 4.39 Å². The maximum Gasteiger partial charge on any atom is 0.259 e. The number of carbonyl (C=O) groups excluding carboxylic acids is 1. The van der Waals surface area contributed by atoms with Gasteiger partial charge in [-0.3, -0.25) is 15.6 Å². The molecule has 0 saturated carbocycles. The Balaban J connectivity index is 2.33. The fourth-order valence-electron chi connectivity index (χ4n) is 1.66. The first-order valence-corrected chi connectivity index (χ1v) is 6.09. The van der Waals surface area contributed by atoms with Crippen molar-refractivity contribution in [3.05, 3.63) is 52.6 Å². The number of hydrogen-bond acceptors (Lipinski definition) is 4. The number of aromatic nitrogens is 1. The van der Waals surface area contributed by atoms with Crippen molar-refractivity contribution >= 4 is 28.9 Å². The van der Waals surface area contributed by atoms with Crippen LogP contribution in [0.15, 0.2) is 30.5 Å². The molecule has 20 heavy (non-hydrogen) atoms. The first kappa shape index (κ1) is 14.2. The number of hydrazine groups is 1. The Hall–Kier alpha value is -2.18. The Morgan fingerprint density at radius 2 is 2.20 bits per heavy atom. The van der Waals surface area contributed by atoms with Crippen molar-refractivity contribution in [1.82, 2.24) is 4.98 Å². The van der Waals surface area contributed by atoms with Gasteiger partial charge in [0.25, 0.3) is 5.91 Å². The van der Waals surface area contributed by atoms with Gasteiger partial charge in [0.15, 0.2) is 0 Å². The van der Waals surface area contributed by atoms with Gasteiger partial charge in [0.2, 0.25) is 0 Å². The van der Waals surface area contributed by atoms with Crippen LogP contribution in [0.1, 0.15) is 16.1 Å². The van der Waals surface area contributed by atoms with Gasteiger partial charge in [-0.1, -0.05) is 17.7 Å². The monoisotopic (exact) mass is 294 g/mol. The van der Waals surface area contributed by atoms with E-state index < -0.39 is 11.7 Å². The van der Waals surface area contributed by atoms with Crippen LogP contribution in [0.2, 0.25) is 5.02 Å². The van der Waals surface area contributed by atoms with Crippen molar-refractivity contribution in [2.75, 3.05) is 10.7 Å². The highest BCUT2D eigenvalue weighted by Crippen LogP contribution is 2.26. The average molecular weight is 295 g/mol. The Kier molecular flexibility index (Phi) is 4.16. The van der Waals surface area contributed by atoms with Crippen LogP contribution in [-0.2, 0) is 0 Å². The largest absolute Gasteiger partial charge is 0.323 e. The molecule has 0 bridgehead atoms. The smallest absolute Gasteiger partial charge is 0.259 e. The van der Waals surface area contributed by atoms with Crippen LogP contribution in [0.5, 0.6) is 0 Å². The highest BCUT2D eigenvalue weighted by molar-refractivity contribution is 6.34. The Labute approximate surface area is 119 Å². The predicted molar refractivity (Wildman–Crippen MR) is 76.1 cm³/mol. The third kappa shape index (κ3) is 2.87. The van der Waals surface area contributed by atoms with Crippen molar-refractivity contribution in [3.8, 4) is 0 Å². The molecule has 0 aliphatic heterocycles. The molecule has 104 valence electrons. The third-order valence-electron chi connectivity index (χ3n) is 2.64. The van der Waals surface area contributed by atoms with Crippen LogP contribution in [0, 0.1) is 12.7 Å². The van der Waals surface area contributed by atoms with E-state index >= 15 is 0 Å². The summed E-state index contributed by atoms with van der Waals surface area (Å²) in [6.07, 6.45) is 1.36. The predicted octanol–water partition coefficient (Wildman–Crippen LogP) is 2.72. The van der Waals surface area contributed by atoms with Crippen molar-refractivity contribution in [1.29, 1.82) is 0 Å². The zero-order valence-corrected chi connectivity index (χ0v) is 11.3. The van der Waals surface area contributed by atoms with Gasteiger partial charge in [0.05, 0.1) is 22.0 Å². The molecule has 7 heteroatoms. The number of nitrogens with zero attached hydrogens (tertiary/aromatic N) is 1. The molecule has 0 atom stereocenters. The average Bonchev–Trinajstić information content (AvgIpc) is 2.42. The Bertz CT molecular complexity index is 643. The second-order valence-corrected chi connectivity index (χ2v) is 4.47. The molecule has 1 aromatic carbocycles. The van der Waals surface area contributed by atoms with Crippen molar-refractivity contribution < 1.29 is 9.18 Å². The second-order valence-electron chi connectivity index (χ2n) is 4.07. The molecule has 0 unspecified atom stereocenters. The number of nitrogen functional groups attached to an aromatic ring is 1. The normalized spacial score (nSPS) is 10.2. The lowest BCUT2D eigenvalue weighted by Gasteiger charge is -2.11. The molecule has 4 N–H and O–H groups in total. The first-order valence-electron chi connectivity index (χ1n) is 5.71. The summed E-state index contributed by atoms with van der Waals surface area (Å²) in [7, 11) is 0. The summed E-state index contributed by atoms with van der Waals surface area (Å²) < 4.78 is 13.6. The van der Waals surface area contributed by atoms with Gasteiger partial charge in [-0.15, -0.1) is 0 Å². The molecule has 0 aliphatic carbocycles. The minimum absolute atomic E-state index is 0.0808. The molecule has 1 aromatic heterocycles. The van der Waals surface area contributed by atoms with E-state index in [0.29, 0.717) is 11.4 Å². The van der Waals surface area contributed by atoms with E-state index in [1.807, 2.05) is 0 Å². The molecule has 2 rings (SSSR count). The highest BCUT2D eigenvalue weighted by atomic mass is 35.5. The summed E-state index contributed by atoms with van der Waals surface area (Å²) in [5.41, 5.74) is 3.60. The van der Waals surface area contributed by atoms with E-state index in [4.69, 9.17) is 17.4 Å². The summed E-state index contributed by atoms with van der Waals surface area (Å²) in [5, 5.41) is 2.52. The number of amides is 1. The zero-order valence-electron chi connectivity index (χ0n) is 10.6. The molecule has 5 nitrogen and oxygen atoms in total. The van der Waals surface area contributed by atoms with E-state index in [2.05, 4.69) is 15.7 Å². The molecular formula is C13H12ClFN4O. The molecule has 0 saturated heterocycles. The SMILES string of the molecule is Cc1cc(NN)c(C(=O)Nc2c(F)cccc2Cl)cn1. The Morgan fingerprint density at radius 1 is 1.45 bits per heavy atom.